The molecule has 0 aliphatic carbocycles. The molecule has 19 heteroatoms. The smallest absolute Gasteiger partial charge is 0.344 e. The first-order valence-electron chi connectivity index (χ1n) is 19.5. The van der Waals surface area contributed by atoms with E-state index in [1.54, 1.807) is 6.07 Å². The molecule has 0 spiro atoms. The van der Waals surface area contributed by atoms with E-state index in [4.69, 9.17) is 17.5 Å². The van der Waals surface area contributed by atoms with Crippen LogP contribution in [0.15, 0.2) is 77.4 Å². The van der Waals surface area contributed by atoms with Crippen LogP contribution >= 0.6 is 0 Å². The summed E-state index contributed by atoms with van der Waals surface area (Å²) in [5.41, 5.74) is 5.77. The molecule has 0 aromatic heterocycles. The fraction of sp³-hybridized carbons (Fsp3) is 0.463. The molecule has 0 radical (unpaired) electrons. The Morgan fingerprint density at radius 1 is 0.900 bits per heavy atom. The van der Waals surface area contributed by atoms with E-state index in [0.29, 0.717) is 22.7 Å². The second kappa shape index (κ2) is 19.7. The number of anilines is 1. The van der Waals surface area contributed by atoms with Crippen molar-refractivity contribution in [3.05, 3.63) is 89.2 Å². The second-order valence-electron chi connectivity index (χ2n) is 15.6. The summed E-state index contributed by atoms with van der Waals surface area (Å²) in [6.45, 7) is 11.4. The third kappa shape index (κ3) is 11.7. The molecule has 16 nitrogen and oxygen atoms in total. The molecule has 3 heterocycles. The number of carbonyl (C=O) groups is 3. The van der Waals surface area contributed by atoms with Gasteiger partial charge in [0.05, 0.1) is 16.1 Å². The van der Waals surface area contributed by atoms with Crippen LogP contribution in [0.5, 0.6) is 0 Å². The number of aryl methyl sites for hydroxylation is 1. The lowest BCUT2D eigenvalue weighted by atomic mass is 9.76. The quantitative estimate of drug-likeness (QED) is 0.0645. The molecular weight excluding hydrogens is 839 g/mol. The number of imide groups is 1. The molecule has 3 aliphatic heterocycles. The first-order valence-corrected chi connectivity index (χ1v) is 23.6. The largest absolute Gasteiger partial charge is 0.425 e. The minimum Gasteiger partial charge on any atom is -0.344 e. The van der Waals surface area contributed by atoms with Gasteiger partial charge in [-0.05, 0) is 76.8 Å². The maximum atomic E-state index is 12.4. The molecule has 3 aliphatic rings. The molecule has 326 valence electrons. The number of hydrogen-bond acceptors (Lipinski definition) is 12. The maximum absolute atomic E-state index is 12.4. The molecule has 2 aromatic carbocycles. The van der Waals surface area contributed by atoms with Gasteiger partial charge in [0.1, 0.15) is 6.54 Å². The molecule has 1 atom stereocenters. The van der Waals surface area contributed by atoms with E-state index in [2.05, 4.69) is 49.9 Å². The van der Waals surface area contributed by atoms with Crippen molar-refractivity contribution < 1.29 is 62.4 Å². The van der Waals surface area contributed by atoms with Crippen LogP contribution in [0.3, 0.4) is 0 Å². The Kier molecular flexibility index (Phi) is 15.7. The van der Waals surface area contributed by atoms with Crippen molar-refractivity contribution >= 4 is 65.7 Å². The van der Waals surface area contributed by atoms with E-state index < -0.39 is 59.8 Å². The van der Waals surface area contributed by atoms with Crippen LogP contribution in [0.2, 0.25) is 0 Å². The fourth-order valence-corrected chi connectivity index (χ4v) is 8.94. The molecule has 1 saturated heterocycles. The van der Waals surface area contributed by atoms with Gasteiger partial charge in [0.2, 0.25) is 5.69 Å². The number of hydroxylamine groups is 2. The third-order valence-corrected chi connectivity index (χ3v) is 12.4. The van der Waals surface area contributed by atoms with Crippen molar-refractivity contribution in [2.75, 3.05) is 23.7 Å². The molecule has 2 aromatic rings. The lowest BCUT2D eigenvalue weighted by Crippen LogP contribution is -2.32. The third-order valence-electron chi connectivity index (χ3n) is 10.8. The highest BCUT2D eigenvalue weighted by molar-refractivity contribution is 7.86. The minimum atomic E-state index is -4.46. The Bertz CT molecular complexity index is 2450. The molecule has 0 bridgehead atoms. The van der Waals surface area contributed by atoms with Gasteiger partial charge >= 0.3 is 16.6 Å². The van der Waals surface area contributed by atoms with E-state index in [9.17, 15) is 40.3 Å². The van der Waals surface area contributed by atoms with E-state index in [0.717, 1.165) is 54.9 Å². The zero-order valence-electron chi connectivity index (χ0n) is 34.3. The number of allylic oxidation sites excluding steroid dienone is 6. The van der Waals surface area contributed by atoms with Crippen molar-refractivity contribution in [2.24, 2.45) is 0 Å². The van der Waals surface area contributed by atoms with Crippen LogP contribution in [0, 0.1) is 6.92 Å². The number of nitrogens with zero attached hydrogens (tertiary/aromatic N) is 3. The van der Waals surface area contributed by atoms with E-state index in [1.807, 2.05) is 42.7 Å². The number of carbonyl (C=O) groups excluding carboxylic acids is 3. The Balaban J connectivity index is 0.00000190. The minimum absolute atomic E-state index is 0.0533. The van der Waals surface area contributed by atoms with Crippen LogP contribution in [-0.2, 0) is 60.9 Å². The first kappa shape index (κ1) is 47.9. The van der Waals surface area contributed by atoms with Gasteiger partial charge in [-0.2, -0.15) is 21.4 Å². The average Bonchev–Trinajstić information content (AvgIpc) is 3.66. The summed E-state index contributed by atoms with van der Waals surface area (Å²) in [5.74, 6) is -2.02. The molecule has 5 rings (SSSR count). The van der Waals surface area contributed by atoms with Gasteiger partial charge in [-0.25, -0.2) is 4.79 Å². The highest BCUT2D eigenvalue weighted by Gasteiger charge is 2.45. The lowest BCUT2D eigenvalue weighted by molar-refractivity contribution is -0.437. The van der Waals surface area contributed by atoms with Gasteiger partial charge in [-0.15, -0.1) is 17.7 Å². The monoisotopic (exact) mass is 890 g/mol. The Morgan fingerprint density at radius 3 is 2.18 bits per heavy atom. The van der Waals surface area contributed by atoms with Crippen LogP contribution in [0.25, 0.3) is 0 Å². The number of benzene rings is 2. The number of hydrogen-bond donors (Lipinski definition) is 2. The number of rotatable bonds is 17. The lowest BCUT2D eigenvalue weighted by Gasteiger charge is -2.30. The van der Waals surface area contributed by atoms with Crippen molar-refractivity contribution in [3.63, 3.8) is 0 Å². The van der Waals surface area contributed by atoms with Crippen molar-refractivity contribution in [3.8, 4) is 0 Å². The van der Waals surface area contributed by atoms with Crippen molar-refractivity contribution in [2.45, 2.75) is 108 Å². The Hall–Kier alpha value is -4.82. The Morgan fingerprint density at radius 2 is 1.57 bits per heavy atom. The zero-order chi connectivity index (χ0) is 44.6. The fourth-order valence-electron chi connectivity index (χ4n) is 7.94. The van der Waals surface area contributed by atoms with Gasteiger partial charge in [0.25, 0.3) is 32.1 Å². The average molecular weight is 891 g/mol. The molecule has 2 amide bonds. The number of amides is 2. The van der Waals surface area contributed by atoms with Gasteiger partial charge in [0.15, 0.2) is 5.71 Å². The van der Waals surface area contributed by atoms with Gasteiger partial charge < -0.3 is 9.74 Å². The van der Waals surface area contributed by atoms with Crippen molar-refractivity contribution in [1.82, 2.24) is 5.06 Å². The molecular formula is C41H52N3O13S3+. The molecule has 60 heavy (non-hydrogen) atoms. The van der Waals surface area contributed by atoms with Crippen LogP contribution < -0.4 is 4.90 Å². The number of fused-ring (bicyclic) bond motifs is 2. The SMILES string of the molecule is CCCN1C(=CC=CC=CC2=[N+](CCCS(=O)(=O)O)c3ccc(S(=O)(=O)O)cc3C2(C)C)C(C)(CCCCCC(=O)ON2C(=O)CCC2=O)c2cc(C)ccc21.O=S(=O)=O. The van der Waals surface area contributed by atoms with E-state index in [-0.39, 0.29) is 42.5 Å². The maximum Gasteiger partial charge on any atom is 0.425 e. The summed E-state index contributed by atoms with van der Waals surface area (Å²) in [4.78, 5) is 43.2. The van der Waals surface area contributed by atoms with E-state index >= 15 is 0 Å². The molecule has 1 fully saturated rings. The highest BCUT2D eigenvalue weighted by Crippen LogP contribution is 2.51. The zero-order valence-corrected chi connectivity index (χ0v) is 36.7. The number of unbranched alkanes of at least 4 members (excludes halogenated alkanes) is 2. The summed E-state index contributed by atoms with van der Waals surface area (Å²) in [6.07, 6.45) is 14.0. The van der Waals surface area contributed by atoms with Crippen LogP contribution in [-0.4, -0.2) is 90.5 Å². The highest BCUT2D eigenvalue weighted by atomic mass is 32.2. The second-order valence-corrected chi connectivity index (χ2v) is 19.0. The van der Waals surface area contributed by atoms with Gasteiger partial charge in [0, 0.05) is 66.7 Å². The molecule has 1 unspecified atom stereocenters. The van der Waals surface area contributed by atoms with Crippen LogP contribution in [0.1, 0.15) is 102 Å². The predicted octanol–water partition coefficient (Wildman–Crippen LogP) is 5.63. The molecule has 0 saturated carbocycles. The summed E-state index contributed by atoms with van der Waals surface area (Å²) < 4.78 is 93.4. The molecule has 2 N–H and O–H groups in total. The summed E-state index contributed by atoms with van der Waals surface area (Å²) in [7, 11) is -11.8. The summed E-state index contributed by atoms with van der Waals surface area (Å²) in [6, 6.07) is 10.9. The van der Waals surface area contributed by atoms with Crippen LogP contribution in [0.4, 0.5) is 11.4 Å². The predicted molar refractivity (Wildman–Crippen MR) is 223 cm³/mol. The summed E-state index contributed by atoms with van der Waals surface area (Å²) in [5, 5.41) is 0.585. The topological polar surface area (TPSA) is 230 Å². The Labute approximate surface area is 352 Å². The standard InChI is InChI=1S/C41H51N3O10S2.O3S/c1-6-24-42-34-19-17-29(2)27-32(34)41(5,23-12-8-11-16-39(47)54-44-37(45)21-22-38(44)46)36(42)15-10-7-9-14-35-40(3,4)31-28-30(56(51,52)53)18-20-33(31)43(35)25-13-26-55(48,49)50;1-4(2)3/h7,9-10,14-15,17-20,27-28H,6,8,11-13,16,21-26H2,1-5H3,(H-,48,49,50,51,52,53);/p+1. The van der Waals surface area contributed by atoms with Gasteiger partial charge in [-0.1, -0.05) is 55.7 Å². The van der Waals surface area contributed by atoms with Gasteiger partial charge in [-0.3, -0.25) is 18.7 Å². The summed E-state index contributed by atoms with van der Waals surface area (Å²) >= 11 is 0. The van der Waals surface area contributed by atoms with E-state index in [1.165, 1.54) is 17.7 Å². The first-order chi connectivity index (χ1) is 28.0. The van der Waals surface area contributed by atoms with Crippen molar-refractivity contribution in [1.29, 1.82) is 0 Å². The normalized spacial score (nSPS) is 19.4.